The molecule has 8 heteroatoms. The highest BCUT2D eigenvalue weighted by atomic mass is 32.2. The van der Waals surface area contributed by atoms with E-state index in [2.05, 4.69) is 9.97 Å². The van der Waals surface area contributed by atoms with Crippen molar-refractivity contribution in [1.29, 1.82) is 0 Å². The zero-order chi connectivity index (χ0) is 19.7. The summed E-state index contributed by atoms with van der Waals surface area (Å²) in [7, 11) is -2.02. The first kappa shape index (κ1) is 18.4. The Labute approximate surface area is 166 Å². The fraction of sp³-hybridized carbons (Fsp3) is 0.100. The van der Waals surface area contributed by atoms with Gasteiger partial charge in [0.1, 0.15) is 22.3 Å². The van der Waals surface area contributed by atoms with Gasteiger partial charge >= 0.3 is 0 Å². The normalized spacial score (nSPS) is 11.6. The molecule has 0 aliphatic heterocycles. The van der Waals surface area contributed by atoms with Gasteiger partial charge in [0.05, 0.1) is 23.9 Å². The summed E-state index contributed by atoms with van der Waals surface area (Å²) < 4.78 is 30.9. The number of fused-ring (bicyclic) bond motifs is 1. The number of hydrogen-bond acceptors (Lipinski definition) is 7. The van der Waals surface area contributed by atoms with Gasteiger partial charge in [-0.25, -0.2) is 13.4 Å². The van der Waals surface area contributed by atoms with Crippen LogP contribution in [-0.2, 0) is 15.6 Å². The molecule has 0 spiro atoms. The highest BCUT2D eigenvalue weighted by Gasteiger charge is 2.20. The summed E-state index contributed by atoms with van der Waals surface area (Å²) in [6, 6.07) is 12.1. The van der Waals surface area contributed by atoms with Gasteiger partial charge in [0.15, 0.2) is 9.84 Å². The van der Waals surface area contributed by atoms with Gasteiger partial charge in [-0.2, -0.15) is 0 Å². The van der Waals surface area contributed by atoms with Crippen LogP contribution >= 0.6 is 11.3 Å². The van der Waals surface area contributed by atoms with E-state index >= 15 is 0 Å². The number of para-hydroxylation sites is 1. The Morgan fingerprint density at radius 1 is 1.11 bits per heavy atom. The minimum Gasteiger partial charge on any atom is -0.506 e. The van der Waals surface area contributed by atoms with Crippen LogP contribution in [0.3, 0.4) is 0 Å². The van der Waals surface area contributed by atoms with Crippen molar-refractivity contribution in [3.05, 3.63) is 65.2 Å². The number of hydrogen-bond donors (Lipinski definition) is 1. The number of aromatic hydroxyl groups is 1. The van der Waals surface area contributed by atoms with Crippen LogP contribution in [0.4, 0.5) is 0 Å². The van der Waals surface area contributed by atoms with Crippen molar-refractivity contribution in [1.82, 2.24) is 9.97 Å². The zero-order valence-electron chi connectivity index (χ0n) is 14.9. The maximum Gasteiger partial charge on any atom is 0.184 e. The monoisotopic (exact) mass is 412 g/mol. The number of rotatable bonds is 5. The minimum absolute atomic E-state index is 0.0834. The standard InChI is InChI=1S/C20H16N2O4S2/c1-26-18-5-3-2-4-15(18)20-14-7-6-13(10-16(14)17(23)11-22-20)28(24,25)12-19-21-8-9-27-19/h2-11,23H,12H2,1H3. The molecule has 2 aromatic heterocycles. The second-order valence-corrected chi connectivity index (χ2v) is 9.05. The van der Waals surface area contributed by atoms with Gasteiger partial charge < -0.3 is 9.84 Å². The zero-order valence-corrected chi connectivity index (χ0v) is 16.5. The van der Waals surface area contributed by atoms with Gasteiger partial charge in [-0.3, -0.25) is 4.98 Å². The first-order chi connectivity index (χ1) is 13.5. The van der Waals surface area contributed by atoms with Gasteiger partial charge in [-0.15, -0.1) is 11.3 Å². The smallest absolute Gasteiger partial charge is 0.184 e. The van der Waals surface area contributed by atoms with Crippen LogP contribution in [0.1, 0.15) is 5.01 Å². The van der Waals surface area contributed by atoms with E-state index in [0.29, 0.717) is 27.2 Å². The Kier molecular flexibility index (Phi) is 4.74. The maximum atomic E-state index is 12.8. The number of benzene rings is 2. The van der Waals surface area contributed by atoms with Crippen molar-refractivity contribution in [2.75, 3.05) is 7.11 Å². The molecule has 0 unspecified atom stereocenters. The second kappa shape index (κ2) is 7.21. The number of methoxy groups -OCH3 is 1. The molecular formula is C20H16N2O4S2. The Morgan fingerprint density at radius 3 is 2.68 bits per heavy atom. The largest absolute Gasteiger partial charge is 0.506 e. The molecule has 142 valence electrons. The molecule has 2 heterocycles. The molecule has 0 atom stereocenters. The second-order valence-electron chi connectivity index (χ2n) is 6.08. The van der Waals surface area contributed by atoms with Crippen molar-refractivity contribution >= 4 is 31.9 Å². The first-order valence-corrected chi connectivity index (χ1v) is 10.9. The summed E-state index contributed by atoms with van der Waals surface area (Å²) in [5.74, 6) is 0.379. The lowest BCUT2D eigenvalue weighted by atomic mass is 10.0. The first-order valence-electron chi connectivity index (χ1n) is 8.36. The number of aromatic nitrogens is 2. The molecule has 1 N–H and O–H groups in total. The molecular weight excluding hydrogens is 396 g/mol. The lowest BCUT2D eigenvalue weighted by Gasteiger charge is -2.12. The third kappa shape index (κ3) is 3.32. The fourth-order valence-corrected chi connectivity index (χ4v) is 5.30. The molecule has 0 bridgehead atoms. The molecule has 0 radical (unpaired) electrons. The van der Waals surface area contributed by atoms with E-state index in [-0.39, 0.29) is 16.4 Å². The summed E-state index contributed by atoms with van der Waals surface area (Å²) >= 11 is 1.29. The van der Waals surface area contributed by atoms with Crippen molar-refractivity contribution in [3.63, 3.8) is 0 Å². The number of sulfone groups is 1. The summed E-state index contributed by atoms with van der Waals surface area (Å²) in [6.45, 7) is 0. The van der Waals surface area contributed by atoms with E-state index in [1.165, 1.54) is 29.7 Å². The van der Waals surface area contributed by atoms with Gasteiger partial charge in [0.25, 0.3) is 0 Å². The van der Waals surface area contributed by atoms with Gasteiger partial charge in [0.2, 0.25) is 0 Å². The molecule has 0 saturated carbocycles. The van der Waals surface area contributed by atoms with Crippen molar-refractivity contribution in [3.8, 4) is 22.8 Å². The van der Waals surface area contributed by atoms with Crippen molar-refractivity contribution in [2.45, 2.75) is 10.6 Å². The van der Waals surface area contributed by atoms with Gasteiger partial charge in [0, 0.05) is 27.9 Å². The molecule has 0 aliphatic carbocycles. The molecule has 0 aliphatic rings. The van der Waals surface area contributed by atoms with E-state index < -0.39 is 9.84 Å². The molecule has 0 fully saturated rings. The lowest BCUT2D eigenvalue weighted by Crippen LogP contribution is -2.05. The highest BCUT2D eigenvalue weighted by Crippen LogP contribution is 2.37. The Balaban J connectivity index is 1.86. The minimum atomic E-state index is -3.59. The van der Waals surface area contributed by atoms with Crippen molar-refractivity contribution in [2.24, 2.45) is 0 Å². The van der Waals surface area contributed by atoms with Crippen LogP contribution in [0, 0.1) is 0 Å². The average Bonchev–Trinajstić information content (AvgIpc) is 3.20. The Bertz CT molecular complexity index is 1250. The van der Waals surface area contributed by atoms with Gasteiger partial charge in [-0.05, 0) is 24.3 Å². The molecule has 4 rings (SSSR count). The highest BCUT2D eigenvalue weighted by molar-refractivity contribution is 7.90. The third-order valence-corrected chi connectivity index (χ3v) is 6.94. The molecule has 0 saturated heterocycles. The van der Waals surface area contributed by atoms with Crippen LogP contribution in [0.5, 0.6) is 11.5 Å². The average molecular weight is 412 g/mol. The van der Waals surface area contributed by atoms with Gasteiger partial charge in [-0.1, -0.05) is 18.2 Å². The SMILES string of the molecule is COc1ccccc1-c1ncc(O)c2cc(S(=O)(=O)Cc3nccs3)ccc12. The fourth-order valence-electron chi connectivity index (χ4n) is 3.03. The summed E-state index contributed by atoms with van der Waals surface area (Å²) in [6.07, 6.45) is 2.90. The van der Waals surface area contributed by atoms with E-state index in [4.69, 9.17) is 4.74 Å². The van der Waals surface area contributed by atoms with Crippen LogP contribution in [0.25, 0.3) is 22.0 Å². The maximum absolute atomic E-state index is 12.8. The topological polar surface area (TPSA) is 89.4 Å². The van der Waals surface area contributed by atoms with Crippen molar-refractivity contribution < 1.29 is 18.3 Å². The molecule has 28 heavy (non-hydrogen) atoms. The van der Waals surface area contributed by atoms with Crippen LogP contribution in [-0.4, -0.2) is 30.6 Å². The Morgan fingerprint density at radius 2 is 1.93 bits per heavy atom. The molecule has 0 amide bonds. The van der Waals surface area contributed by atoms with E-state index in [1.54, 1.807) is 24.8 Å². The predicted molar refractivity (Wildman–Crippen MR) is 108 cm³/mol. The third-order valence-electron chi connectivity index (χ3n) is 4.36. The summed E-state index contributed by atoms with van der Waals surface area (Å²) in [4.78, 5) is 8.52. The lowest BCUT2D eigenvalue weighted by molar-refractivity contribution is 0.416. The van der Waals surface area contributed by atoms with Crippen LogP contribution in [0.2, 0.25) is 0 Å². The predicted octanol–water partition coefficient (Wildman–Crippen LogP) is 4.05. The number of thiazole rings is 1. The number of ether oxygens (including phenoxy) is 1. The summed E-state index contributed by atoms with van der Waals surface area (Å²) in [5.41, 5.74) is 1.36. The summed E-state index contributed by atoms with van der Waals surface area (Å²) in [5, 5.41) is 13.6. The Hall–Kier alpha value is -2.97. The number of pyridine rings is 1. The van der Waals surface area contributed by atoms with Crippen LogP contribution < -0.4 is 4.74 Å². The quantitative estimate of drug-likeness (QED) is 0.532. The van der Waals surface area contributed by atoms with E-state index in [0.717, 1.165) is 5.56 Å². The van der Waals surface area contributed by atoms with E-state index in [9.17, 15) is 13.5 Å². The number of nitrogens with zero attached hydrogens (tertiary/aromatic N) is 2. The van der Waals surface area contributed by atoms with E-state index in [1.807, 2.05) is 24.3 Å². The molecule has 4 aromatic rings. The molecule has 2 aromatic carbocycles. The molecule has 6 nitrogen and oxygen atoms in total. The van der Waals surface area contributed by atoms with Crippen LogP contribution in [0.15, 0.2) is 65.1 Å².